The number of thiazole rings is 1. The van der Waals surface area contributed by atoms with Crippen LogP contribution in [-0.4, -0.2) is 86.7 Å². The van der Waals surface area contributed by atoms with Crippen molar-refractivity contribution in [3.63, 3.8) is 0 Å². The van der Waals surface area contributed by atoms with Crippen molar-refractivity contribution in [2.45, 2.75) is 20.4 Å². The van der Waals surface area contributed by atoms with Gasteiger partial charge in [0, 0.05) is 51.8 Å². The maximum Gasteiger partial charge on any atom is 0.234 e. The summed E-state index contributed by atoms with van der Waals surface area (Å²) >= 11 is 1.72. The summed E-state index contributed by atoms with van der Waals surface area (Å²) in [6.07, 6.45) is 0. The van der Waals surface area contributed by atoms with Crippen molar-refractivity contribution >= 4 is 23.2 Å². The van der Waals surface area contributed by atoms with E-state index in [0.29, 0.717) is 26.2 Å². The van der Waals surface area contributed by atoms with Crippen LogP contribution in [0.2, 0.25) is 0 Å². The lowest BCUT2D eigenvalue weighted by atomic mass is 10.3. The van der Waals surface area contributed by atoms with Crippen LogP contribution < -0.4 is 10.6 Å². The largest absolute Gasteiger partial charge is 0.383 e. The molecule has 1 aromatic heterocycles. The molecule has 0 aromatic carbocycles. The van der Waals surface area contributed by atoms with Crippen molar-refractivity contribution in [1.82, 2.24) is 25.4 Å². The number of rotatable bonds is 7. The van der Waals surface area contributed by atoms with Gasteiger partial charge in [0.1, 0.15) is 5.01 Å². The van der Waals surface area contributed by atoms with Crippen LogP contribution in [0.5, 0.6) is 0 Å². The highest BCUT2D eigenvalue weighted by molar-refractivity contribution is 7.11. The van der Waals surface area contributed by atoms with Crippen molar-refractivity contribution in [3.8, 4) is 0 Å². The number of carbonyl (C=O) groups is 1. The summed E-state index contributed by atoms with van der Waals surface area (Å²) < 4.78 is 4.94. The number of carbonyl (C=O) groups excluding carboxylic acids is 1. The third-order valence-corrected chi connectivity index (χ3v) is 5.42. The van der Waals surface area contributed by atoms with Crippen molar-refractivity contribution in [2.24, 2.45) is 4.99 Å². The Bertz CT molecular complexity index is 591. The van der Waals surface area contributed by atoms with E-state index in [4.69, 9.17) is 4.74 Å². The average molecular weight is 383 g/mol. The number of ether oxygens (including phenoxy) is 1. The molecule has 0 spiro atoms. The Balaban J connectivity index is 1.73. The van der Waals surface area contributed by atoms with E-state index in [1.807, 2.05) is 6.92 Å². The fourth-order valence-electron chi connectivity index (χ4n) is 2.77. The van der Waals surface area contributed by atoms with E-state index in [2.05, 4.69) is 37.3 Å². The molecule has 0 radical (unpaired) electrons. The zero-order chi connectivity index (χ0) is 18.9. The molecular formula is C17H30N6O2S. The van der Waals surface area contributed by atoms with E-state index in [9.17, 15) is 4.79 Å². The number of methoxy groups -OCH3 is 1. The maximum absolute atomic E-state index is 11.9. The first-order chi connectivity index (χ1) is 12.5. The lowest BCUT2D eigenvalue weighted by Crippen LogP contribution is -2.54. The molecule has 0 unspecified atom stereocenters. The van der Waals surface area contributed by atoms with Crippen molar-refractivity contribution in [1.29, 1.82) is 0 Å². The highest BCUT2D eigenvalue weighted by Gasteiger charge is 2.21. The highest BCUT2D eigenvalue weighted by Crippen LogP contribution is 2.16. The molecule has 0 saturated carbocycles. The molecule has 1 aromatic rings. The summed E-state index contributed by atoms with van der Waals surface area (Å²) in [5, 5.41) is 7.33. The lowest BCUT2D eigenvalue weighted by molar-refractivity contribution is -0.122. The monoisotopic (exact) mass is 382 g/mol. The van der Waals surface area contributed by atoms with Crippen LogP contribution in [0.25, 0.3) is 0 Å². The molecule has 9 heteroatoms. The summed E-state index contributed by atoms with van der Waals surface area (Å²) in [5.74, 6) is 0.937. The third kappa shape index (κ3) is 6.22. The molecule has 2 N–H and O–H groups in total. The molecule has 2 rings (SSSR count). The average Bonchev–Trinajstić information content (AvgIpc) is 2.95. The second kappa shape index (κ2) is 10.4. The number of amides is 1. The molecule has 26 heavy (non-hydrogen) atoms. The molecular weight excluding hydrogens is 352 g/mol. The quantitative estimate of drug-likeness (QED) is 0.399. The zero-order valence-corrected chi connectivity index (χ0v) is 17.0. The number of nitrogens with zero attached hydrogens (tertiary/aromatic N) is 4. The Morgan fingerprint density at radius 3 is 2.58 bits per heavy atom. The Labute approximate surface area is 159 Å². The Morgan fingerprint density at radius 1 is 1.27 bits per heavy atom. The third-order valence-electron chi connectivity index (χ3n) is 4.35. The minimum absolute atomic E-state index is 0.0486. The number of hydrogen-bond acceptors (Lipinski definition) is 6. The predicted octanol–water partition coefficient (Wildman–Crippen LogP) is 0.216. The van der Waals surface area contributed by atoms with Crippen LogP contribution in [-0.2, 0) is 16.1 Å². The normalized spacial score (nSPS) is 16.0. The summed E-state index contributed by atoms with van der Waals surface area (Å²) in [6.45, 7) is 9.73. The van der Waals surface area contributed by atoms with Crippen molar-refractivity contribution in [3.05, 3.63) is 15.6 Å². The minimum Gasteiger partial charge on any atom is -0.383 e. The van der Waals surface area contributed by atoms with Crippen LogP contribution in [0, 0.1) is 13.8 Å². The molecule has 2 heterocycles. The van der Waals surface area contributed by atoms with Gasteiger partial charge < -0.3 is 20.3 Å². The van der Waals surface area contributed by atoms with Crippen LogP contribution in [0.4, 0.5) is 0 Å². The molecule has 146 valence electrons. The second-order valence-corrected chi connectivity index (χ2v) is 7.54. The van der Waals surface area contributed by atoms with E-state index >= 15 is 0 Å². The lowest BCUT2D eigenvalue weighted by Gasteiger charge is -2.36. The molecule has 1 aliphatic heterocycles. The van der Waals surface area contributed by atoms with Crippen LogP contribution in [0.1, 0.15) is 15.6 Å². The molecule has 0 aliphatic carbocycles. The van der Waals surface area contributed by atoms with Crippen LogP contribution >= 0.6 is 11.3 Å². The first-order valence-electron chi connectivity index (χ1n) is 8.90. The summed E-state index contributed by atoms with van der Waals surface area (Å²) in [4.78, 5) is 26.5. The molecule has 0 atom stereocenters. The fraction of sp³-hybridized carbons (Fsp3) is 0.706. The molecule has 0 bridgehead atoms. The Kier molecular flexibility index (Phi) is 8.27. The number of guanidine groups is 1. The van der Waals surface area contributed by atoms with E-state index < -0.39 is 0 Å². The van der Waals surface area contributed by atoms with Crippen molar-refractivity contribution < 1.29 is 9.53 Å². The highest BCUT2D eigenvalue weighted by atomic mass is 32.1. The SMILES string of the molecule is CN=C(NCc1nc(C)c(C)s1)N1CCN(CC(=O)NCCOC)CC1. The number of hydrogen-bond donors (Lipinski definition) is 2. The summed E-state index contributed by atoms with van der Waals surface area (Å²) in [6, 6.07) is 0. The van der Waals surface area contributed by atoms with Gasteiger partial charge in [-0.15, -0.1) is 11.3 Å². The maximum atomic E-state index is 11.9. The number of piperazine rings is 1. The fourth-order valence-corrected chi connectivity index (χ4v) is 3.64. The Morgan fingerprint density at radius 2 is 2.00 bits per heavy atom. The number of aromatic nitrogens is 1. The van der Waals surface area contributed by atoms with E-state index in [0.717, 1.165) is 42.8 Å². The topological polar surface area (TPSA) is 82.1 Å². The van der Waals surface area contributed by atoms with Crippen LogP contribution in [0.15, 0.2) is 4.99 Å². The van der Waals surface area contributed by atoms with Gasteiger partial charge in [0.05, 0.1) is 25.4 Å². The molecule has 1 amide bonds. The van der Waals surface area contributed by atoms with Crippen LogP contribution in [0.3, 0.4) is 0 Å². The molecule has 1 saturated heterocycles. The standard InChI is InChI=1S/C17H30N6O2S/c1-13-14(2)26-16(21-13)11-20-17(18-3)23-8-6-22(7-9-23)12-15(24)19-5-10-25-4/h5-12H2,1-4H3,(H,18,20)(H,19,24). The van der Waals surface area contributed by atoms with E-state index in [-0.39, 0.29) is 5.91 Å². The molecule has 8 nitrogen and oxygen atoms in total. The zero-order valence-electron chi connectivity index (χ0n) is 16.2. The predicted molar refractivity (Wildman–Crippen MR) is 105 cm³/mol. The second-order valence-electron chi connectivity index (χ2n) is 6.26. The van der Waals surface area contributed by atoms with Gasteiger partial charge in [0.2, 0.25) is 5.91 Å². The van der Waals surface area contributed by atoms with Crippen molar-refractivity contribution in [2.75, 3.05) is 60.0 Å². The Hall–Kier alpha value is -1.71. The first-order valence-corrected chi connectivity index (χ1v) is 9.71. The number of aryl methyl sites for hydroxylation is 2. The van der Waals surface area contributed by atoms with E-state index in [1.54, 1.807) is 25.5 Å². The number of aliphatic imine (C=N–C) groups is 1. The van der Waals surface area contributed by atoms with Gasteiger partial charge in [-0.05, 0) is 13.8 Å². The summed E-state index contributed by atoms with van der Waals surface area (Å²) in [7, 11) is 3.43. The van der Waals surface area contributed by atoms with Gasteiger partial charge in [-0.1, -0.05) is 0 Å². The smallest absolute Gasteiger partial charge is 0.234 e. The van der Waals surface area contributed by atoms with E-state index in [1.165, 1.54) is 4.88 Å². The summed E-state index contributed by atoms with van der Waals surface area (Å²) in [5.41, 5.74) is 1.10. The number of nitrogens with one attached hydrogen (secondary N) is 2. The minimum atomic E-state index is 0.0486. The molecule has 1 fully saturated rings. The first kappa shape index (κ1) is 20.6. The van der Waals surface area contributed by atoms with Gasteiger partial charge in [0.15, 0.2) is 5.96 Å². The van der Waals surface area contributed by atoms with Gasteiger partial charge in [-0.25, -0.2) is 4.98 Å². The van der Waals surface area contributed by atoms with Gasteiger partial charge in [0.25, 0.3) is 0 Å². The van der Waals surface area contributed by atoms with Gasteiger partial charge >= 0.3 is 0 Å². The van der Waals surface area contributed by atoms with Gasteiger partial charge in [-0.3, -0.25) is 14.7 Å². The van der Waals surface area contributed by atoms with Gasteiger partial charge in [-0.2, -0.15) is 0 Å². The molecule has 1 aliphatic rings.